The van der Waals surface area contributed by atoms with Gasteiger partial charge in [-0.3, -0.25) is 0 Å². The van der Waals surface area contributed by atoms with E-state index >= 15 is 0 Å². The highest BCUT2D eigenvalue weighted by Crippen LogP contribution is 2.43. The van der Waals surface area contributed by atoms with Gasteiger partial charge in [0.1, 0.15) is 5.75 Å². The molecule has 0 saturated carbocycles. The topological polar surface area (TPSA) is 42.8 Å². The van der Waals surface area contributed by atoms with Crippen molar-refractivity contribution >= 4 is 47.6 Å². The van der Waals surface area contributed by atoms with Crippen LogP contribution < -0.4 is 15.4 Å². The first kappa shape index (κ1) is 18.2. The first-order valence-corrected chi connectivity index (χ1v) is 9.92. The van der Waals surface area contributed by atoms with E-state index in [0.717, 1.165) is 22.2 Å². The van der Waals surface area contributed by atoms with Crippen LogP contribution in [0.25, 0.3) is 6.08 Å². The van der Waals surface area contributed by atoms with Crippen LogP contribution in [-0.2, 0) is 4.76 Å². The summed E-state index contributed by atoms with van der Waals surface area (Å²) >= 11 is 12.6. The number of fused-ring (bicyclic) bond motifs is 1. The molecule has 3 aromatic rings. The predicted molar refractivity (Wildman–Crippen MR) is 118 cm³/mol. The largest absolute Gasteiger partial charge is 0.543 e. The molecule has 0 spiro atoms. The monoisotopic (exact) mass is 420 g/mol. The minimum absolute atomic E-state index is 0.354. The van der Waals surface area contributed by atoms with Gasteiger partial charge in [0.25, 0.3) is 0 Å². The number of ether oxygens (including phenoxy) is 1. The Bertz CT molecular complexity index is 1120. The van der Waals surface area contributed by atoms with Crippen LogP contribution in [0.3, 0.4) is 0 Å². The van der Waals surface area contributed by atoms with Crippen LogP contribution in [-0.4, -0.2) is 12.9 Å². The molecular weight excluding hydrogens is 406 g/mol. The molecule has 2 aliphatic heterocycles. The summed E-state index contributed by atoms with van der Waals surface area (Å²) < 4.78 is 12.0. The third-order valence-electron chi connectivity index (χ3n) is 4.86. The molecule has 4 nitrogen and oxygen atoms in total. The van der Waals surface area contributed by atoms with Crippen molar-refractivity contribution in [2.75, 3.05) is 0 Å². The highest BCUT2D eigenvalue weighted by atomic mass is 35.5. The van der Waals surface area contributed by atoms with Crippen LogP contribution in [0, 0.1) is 0 Å². The second kappa shape index (κ2) is 7.50. The van der Waals surface area contributed by atoms with E-state index in [9.17, 15) is 0 Å². The van der Waals surface area contributed by atoms with E-state index < -0.39 is 0 Å². The van der Waals surface area contributed by atoms with E-state index in [1.54, 1.807) is 6.07 Å². The van der Waals surface area contributed by atoms with Gasteiger partial charge in [-0.25, -0.2) is 0 Å². The quantitative estimate of drug-likeness (QED) is 0.616. The van der Waals surface area contributed by atoms with Crippen molar-refractivity contribution in [1.29, 1.82) is 0 Å². The number of amidine groups is 1. The lowest BCUT2D eigenvalue weighted by atomic mass is 9.74. The van der Waals surface area contributed by atoms with Crippen molar-refractivity contribution in [1.82, 2.24) is 5.23 Å². The molecule has 7 heteroatoms. The van der Waals surface area contributed by atoms with E-state index in [2.05, 4.69) is 10.4 Å². The fourth-order valence-electron chi connectivity index (χ4n) is 3.49. The Morgan fingerprint density at radius 1 is 0.931 bits per heavy atom. The molecule has 0 aromatic heterocycles. The summed E-state index contributed by atoms with van der Waals surface area (Å²) in [5, 5.41) is 8.67. The van der Waals surface area contributed by atoms with Gasteiger partial charge in [-0.2, -0.15) is 0 Å². The summed E-state index contributed by atoms with van der Waals surface area (Å²) in [6, 6.07) is 23.3. The zero-order chi connectivity index (χ0) is 19.8. The Kier molecular flexibility index (Phi) is 4.70. The van der Waals surface area contributed by atoms with E-state index in [0.29, 0.717) is 21.6 Å². The van der Waals surface area contributed by atoms with Gasteiger partial charge in [0.05, 0.1) is 5.02 Å². The summed E-state index contributed by atoms with van der Waals surface area (Å²) in [6.45, 7) is 0. The van der Waals surface area contributed by atoms with Gasteiger partial charge in [-0.1, -0.05) is 89.0 Å². The van der Waals surface area contributed by atoms with Crippen LogP contribution in [0.15, 0.2) is 83.5 Å². The standard InChI is InChI=1S/C22H15BCl2N2O2/c24-17-11-15-12-18(22-26-23(29-27-22)16-9-5-2-6-10-16)20(14-7-3-1-4-8-14)28-21(15)19(25)13-17/h1-13,20H,(H,26,27). The number of oxime groups is 1. The van der Waals surface area contributed by atoms with Gasteiger partial charge in [0.2, 0.25) is 0 Å². The van der Waals surface area contributed by atoms with Crippen molar-refractivity contribution in [3.8, 4) is 5.75 Å². The van der Waals surface area contributed by atoms with Gasteiger partial charge >= 0.3 is 7.05 Å². The molecule has 2 heterocycles. The number of nitrogens with zero attached hydrogens (tertiary/aromatic N) is 1. The van der Waals surface area contributed by atoms with Crippen molar-refractivity contribution in [2.24, 2.45) is 5.16 Å². The fraction of sp³-hybridized carbons (Fsp3) is 0.0455. The maximum Gasteiger partial charge on any atom is 0.543 e. The molecule has 0 fully saturated rings. The molecule has 0 saturated heterocycles. The molecule has 29 heavy (non-hydrogen) atoms. The Labute approximate surface area is 178 Å². The molecule has 0 radical (unpaired) electrons. The molecule has 0 aliphatic carbocycles. The van der Waals surface area contributed by atoms with Gasteiger partial charge in [0, 0.05) is 16.2 Å². The molecule has 1 unspecified atom stereocenters. The van der Waals surface area contributed by atoms with E-state index in [1.807, 2.05) is 72.8 Å². The molecule has 2 aliphatic rings. The van der Waals surface area contributed by atoms with Crippen LogP contribution in [0.5, 0.6) is 5.75 Å². The molecule has 1 N–H and O–H groups in total. The Hall–Kier alpha value is -2.89. The molecule has 0 amide bonds. The third kappa shape index (κ3) is 3.48. The highest BCUT2D eigenvalue weighted by Gasteiger charge is 2.36. The average molecular weight is 421 g/mol. The smallest absolute Gasteiger partial charge is 0.479 e. The van der Waals surface area contributed by atoms with Crippen molar-refractivity contribution in [3.05, 3.63) is 99.5 Å². The fourth-order valence-corrected chi connectivity index (χ4v) is 4.05. The zero-order valence-corrected chi connectivity index (χ0v) is 16.7. The summed E-state index contributed by atoms with van der Waals surface area (Å²) in [4.78, 5) is 0. The first-order valence-electron chi connectivity index (χ1n) is 9.17. The van der Waals surface area contributed by atoms with Crippen LogP contribution in [0.2, 0.25) is 10.0 Å². The molecule has 0 bridgehead atoms. The van der Waals surface area contributed by atoms with E-state index in [-0.39, 0.29) is 13.2 Å². The normalized spacial score (nSPS) is 17.4. The minimum Gasteiger partial charge on any atom is -0.479 e. The Balaban J connectivity index is 1.55. The predicted octanol–water partition coefficient (Wildman–Crippen LogP) is 4.84. The Morgan fingerprint density at radius 2 is 1.66 bits per heavy atom. The summed E-state index contributed by atoms with van der Waals surface area (Å²) in [7, 11) is -0.354. The third-order valence-corrected chi connectivity index (χ3v) is 5.36. The van der Waals surface area contributed by atoms with E-state index in [4.69, 9.17) is 32.7 Å². The molecule has 3 aromatic carbocycles. The first-order chi connectivity index (χ1) is 14.2. The molecular formula is C22H15BCl2N2O2. The van der Waals surface area contributed by atoms with Crippen LogP contribution in [0.1, 0.15) is 17.2 Å². The highest BCUT2D eigenvalue weighted by molar-refractivity contribution is 6.68. The number of nitrogens with one attached hydrogen (secondary N) is 1. The number of hydrogen-bond acceptors (Lipinski definition) is 4. The second-order valence-corrected chi connectivity index (χ2v) is 7.64. The van der Waals surface area contributed by atoms with Crippen molar-refractivity contribution in [3.63, 3.8) is 0 Å². The SMILES string of the molecule is Clc1cc(Cl)c2c(c1)C=C(C1=NOB(c3ccccc3)N1)C(c1ccccc1)O2. The number of halogens is 2. The van der Waals surface area contributed by atoms with Crippen molar-refractivity contribution < 1.29 is 9.49 Å². The molecule has 142 valence electrons. The van der Waals surface area contributed by atoms with Crippen LogP contribution >= 0.6 is 23.2 Å². The van der Waals surface area contributed by atoms with Crippen molar-refractivity contribution in [2.45, 2.75) is 6.10 Å². The van der Waals surface area contributed by atoms with Crippen LogP contribution in [0.4, 0.5) is 0 Å². The Morgan fingerprint density at radius 3 is 2.41 bits per heavy atom. The van der Waals surface area contributed by atoms with Gasteiger partial charge < -0.3 is 14.7 Å². The van der Waals surface area contributed by atoms with Gasteiger partial charge in [-0.15, -0.1) is 0 Å². The maximum atomic E-state index is 6.40. The summed E-state index contributed by atoms with van der Waals surface area (Å²) in [5.74, 6) is 1.22. The molecule has 1 atom stereocenters. The van der Waals surface area contributed by atoms with Gasteiger partial charge in [-0.05, 0) is 29.2 Å². The second-order valence-electron chi connectivity index (χ2n) is 6.79. The van der Waals surface area contributed by atoms with Gasteiger partial charge in [0.15, 0.2) is 11.9 Å². The average Bonchev–Trinajstić information content (AvgIpc) is 3.24. The number of hydrogen-bond donors (Lipinski definition) is 1. The lowest BCUT2D eigenvalue weighted by molar-refractivity contribution is 0.244. The lowest BCUT2D eigenvalue weighted by Crippen LogP contribution is -2.45. The summed E-state index contributed by atoms with van der Waals surface area (Å²) in [5.41, 5.74) is 3.63. The lowest BCUT2D eigenvalue weighted by Gasteiger charge is -2.28. The molecule has 5 rings (SSSR count). The summed E-state index contributed by atoms with van der Waals surface area (Å²) in [6.07, 6.45) is 1.61. The van der Waals surface area contributed by atoms with E-state index in [1.165, 1.54) is 0 Å². The zero-order valence-electron chi connectivity index (χ0n) is 15.2. The minimum atomic E-state index is -0.383. The number of rotatable bonds is 3. The maximum absolute atomic E-state index is 6.40. The number of benzene rings is 3.